The minimum absolute atomic E-state index is 0.180. The first-order valence-corrected chi connectivity index (χ1v) is 6.79. The van der Waals surface area contributed by atoms with E-state index in [1.165, 1.54) is 0 Å². The van der Waals surface area contributed by atoms with Gasteiger partial charge in [-0.15, -0.1) is 0 Å². The predicted octanol–water partition coefficient (Wildman–Crippen LogP) is 2.13. The van der Waals surface area contributed by atoms with Gasteiger partial charge in [-0.3, -0.25) is 9.69 Å². The van der Waals surface area contributed by atoms with Gasteiger partial charge in [0, 0.05) is 6.61 Å². The van der Waals surface area contributed by atoms with Crippen LogP contribution in [0.5, 0.6) is 0 Å². The summed E-state index contributed by atoms with van der Waals surface area (Å²) >= 11 is 0. The number of aliphatic hydroxyl groups is 1. The molecule has 0 bridgehead atoms. The van der Waals surface area contributed by atoms with Crippen molar-refractivity contribution in [2.24, 2.45) is 0 Å². The van der Waals surface area contributed by atoms with Gasteiger partial charge in [-0.1, -0.05) is 32.0 Å². The first kappa shape index (κ1) is 15.7. The Labute approximate surface area is 115 Å². The molecule has 0 radical (unpaired) electrons. The van der Waals surface area contributed by atoms with Crippen LogP contribution < -0.4 is 4.90 Å². The van der Waals surface area contributed by atoms with E-state index in [1.807, 2.05) is 25.1 Å². The zero-order valence-electron chi connectivity index (χ0n) is 12.0. The number of rotatable bonds is 7. The Balaban J connectivity index is 3.22. The van der Waals surface area contributed by atoms with Crippen LogP contribution >= 0.6 is 0 Å². The number of para-hydroxylation sites is 1. The van der Waals surface area contributed by atoms with Crippen LogP contribution in [0.4, 0.5) is 5.69 Å². The number of anilines is 1. The van der Waals surface area contributed by atoms with Crippen LogP contribution in [0.15, 0.2) is 18.2 Å². The van der Waals surface area contributed by atoms with Gasteiger partial charge in [-0.2, -0.15) is 0 Å². The third-order valence-corrected chi connectivity index (χ3v) is 3.10. The van der Waals surface area contributed by atoms with Crippen molar-refractivity contribution >= 4 is 11.6 Å². The minimum atomic E-state index is -0.506. The average Bonchev–Trinajstić information content (AvgIpc) is 2.46. The molecule has 0 aliphatic heterocycles. The molecule has 0 aliphatic carbocycles. The molecule has 0 atom stereocenters. The van der Waals surface area contributed by atoms with Crippen LogP contribution in [-0.4, -0.2) is 31.0 Å². The number of hydrogen-bond donors (Lipinski definition) is 1. The van der Waals surface area contributed by atoms with E-state index in [1.54, 1.807) is 4.90 Å². The fourth-order valence-electron chi connectivity index (χ4n) is 2.09. The Morgan fingerprint density at radius 1 is 1.21 bits per heavy atom. The van der Waals surface area contributed by atoms with Crippen molar-refractivity contribution in [3.05, 3.63) is 29.3 Å². The van der Waals surface area contributed by atoms with Gasteiger partial charge in [0.1, 0.15) is 13.3 Å². The lowest BCUT2D eigenvalue weighted by Crippen LogP contribution is -2.36. The highest BCUT2D eigenvalue weighted by molar-refractivity contribution is 5.95. The summed E-state index contributed by atoms with van der Waals surface area (Å²) in [6.45, 7) is 6.20. The second kappa shape index (κ2) is 7.92. The van der Waals surface area contributed by atoms with E-state index in [9.17, 15) is 4.79 Å². The Hall–Kier alpha value is -1.39. The van der Waals surface area contributed by atoms with Crippen LogP contribution in [0.1, 0.15) is 31.9 Å². The molecule has 0 saturated heterocycles. The van der Waals surface area contributed by atoms with Crippen LogP contribution in [0.3, 0.4) is 0 Å². The lowest BCUT2D eigenvalue weighted by atomic mass is 10.0. The summed E-state index contributed by atoms with van der Waals surface area (Å²) in [5.74, 6) is -0.330. The Morgan fingerprint density at radius 2 is 1.79 bits per heavy atom. The Bertz CT molecular complexity index is 396. The first-order valence-electron chi connectivity index (χ1n) is 6.79. The molecule has 0 spiro atoms. The van der Waals surface area contributed by atoms with E-state index < -0.39 is 6.61 Å². The van der Waals surface area contributed by atoms with E-state index in [2.05, 4.69) is 13.8 Å². The van der Waals surface area contributed by atoms with Gasteiger partial charge >= 0.3 is 0 Å². The van der Waals surface area contributed by atoms with E-state index in [0.29, 0.717) is 6.61 Å². The van der Waals surface area contributed by atoms with Gasteiger partial charge in [0.2, 0.25) is 0 Å². The zero-order valence-corrected chi connectivity index (χ0v) is 12.0. The van der Waals surface area contributed by atoms with Crippen molar-refractivity contribution in [1.82, 2.24) is 0 Å². The van der Waals surface area contributed by atoms with Crippen molar-refractivity contribution < 1.29 is 14.6 Å². The molecule has 0 unspecified atom stereocenters. The summed E-state index contributed by atoms with van der Waals surface area (Å²) in [4.78, 5) is 13.5. The topological polar surface area (TPSA) is 49.8 Å². The maximum atomic E-state index is 12.0. The van der Waals surface area contributed by atoms with Gasteiger partial charge in [-0.25, -0.2) is 0 Å². The molecular formula is C15H23NO3. The summed E-state index contributed by atoms with van der Waals surface area (Å²) in [6.07, 6.45) is 1.68. The van der Waals surface area contributed by atoms with Crippen LogP contribution in [0, 0.1) is 0 Å². The largest absolute Gasteiger partial charge is 0.387 e. The Kier molecular flexibility index (Phi) is 6.53. The number of carbonyl (C=O) groups excluding carboxylic acids is 1. The maximum Gasteiger partial charge on any atom is 0.254 e. The molecule has 4 nitrogen and oxygen atoms in total. The van der Waals surface area contributed by atoms with Crippen LogP contribution in [0.25, 0.3) is 0 Å². The van der Waals surface area contributed by atoms with Gasteiger partial charge in [-0.05, 0) is 30.9 Å². The molecule has 4 heteroatoms. The summed E-state index contributed by atoms with van der Waals surface area (Å²) in [7, 11) is 0. The lowest BCUT2D eigenvalue weighted by molar-refractivity contribution is -0.122. The van der Waals surface area contributed by atoms with Crippen LogP contribution in [-0.2, 0) is 22.4 Å². The van der Waals surface area contributed by atoms with Gasteiger partial charge in [0.25, 0.3) is 5.91 Å². The quantitative estimate of drug-likeness (QED) is 0.768. The Morgan fingerprint density at radius 3 is 2.21 bits per heavy atom. The van der Waals surface area contributed by atoms with E-state index in [4.69, 9.17) is 9.84 Å². The van der Waals surface area contributed by atoms with E-state index in [0.717, 1.165) is 29.7 Å². The molecule has 106 valence electrons. The smallest absolute Gasteiger partial charge is 0.254 e. The molecule has 1 amide bonds. The third kappa shape index (κ3) is 3.78. The van der Waals surface area contributed by atoms with Crippen molar-refractivity contribution in [3.8, 4) is 0 Å². The number of aryl methyl sites for hydroxylation is 2. The SMILES string of the molecule is CCOCN(C(=O)CO)c1c(CC)cccc1CC. The second-order valence-corrected chi connectivity index (χ2v) is 4.23. The molecular weight excluding hydrogens is 242 g/mol. The first-order chi connectivity index (χ1) is 9.19. The number of benzene rings is 1. The van der Waals surface area contributed by atoms with Crippen molar-refractivity contribution in [2.75, 3.05) is 24.8 Å². The standard InChI is InChI=1S/C15H23NO3/c1-4-12-8-7-9-13(5-2)15(12)16(11-19-6-3)14(18)10-17/h7-9,17H,4-6,10-11H2,1-3H3. The van der Waals surface area contributed by atoms with Crippen molar-refractivity contribution in [1.29, 1.82) is 0 Å². The molecule has 0 heterocycles. The third-order valence-electron chi connectivity index (χ3n) is 3.10. The summed E-state index contributed by atoms with van der Waals surface area (Å²) in [5, 5.41) is 9.15. The van der Waals surface area contributed by atoms with Crippen molar-refractivity contribution in [2.45, 2.75) is 33.6 Å². The summed E-state index contributed by atoms with van der Waals surface area (Å²) < 4.78 is 5.37. The minimum Gasteiger partial charge on any atom is -0.387 e. The number of ether oxygens (including phenoxy) is 1. The number of aliphatic hydroxyl groups excluding tert-OH is 1. The number of carbonyl (C=O) groups is 1. The fraction of sp³-hybridized carbons (Fsp3) is 0.533. The second-order valence-electron chi connectivity index (χ2n) is 4.23. The van der Waals surface area contributed by atoms with Gasteiger partial charge in [0.15, 0.2) is 0 Å². The average molecular weight is 265 g/mol. The molecule has 1 N–H and O–H groups in total. The van der Waals surface area contributed by atoms with E-state index >= 15 is 0 Å². The number of nitrogens with zero attached hydrogens (tertiary/aromatic N) is 1. The molecule has 0 saturated carbocycles. The normalized spacial score (nSPS) is 10.5. The zero-order chi connectivity index (χ0) is 14.3. The lowest BCUT2D eigenvalue weighted by Gasteiger charge is -2.26. The number of amides is 1. The van der Waals surface area contributed by atoms with Crippen molar-refractivity contribution in [3.63, 3.8) is 0 Å². The summed E-state index contributed by atoms with van der Waals surface area (Å²) in [5.41, 5.74) is 3.08. The highest BCUT2D eigenvalue weighted by Gasteiger charge is 2.20. The monoisotopic (exact) mass is 265 g/mol. The maximum absolute atomic E-state index is 12.0. The fourth-order valence-corrected chi connectivity index (χ4v) is 2.09. The molecule has 1 aromatic carbocycles. The molecule has 0 aliphatic rings. The molecule has 19 heavy (non-hydrogen) atoms. The number of hydrogen-bond acceptors (Lipinski definition) is 3. The van der Waals surface area contributed by atoms with E-state index in [-0.39, 0.29) is 12.6 Å². The highest BCUT2D eigenvalue weighted by Crippen LogP contribution is 2.27. The molecule has 0 aromatic heterocycles. The molecule has 0 fully saturated rings. The predicted molar refractivity (Wildman–Crippen MR) is 76.3 cm³/mol. The van der Waals surface area contributed by atoms with Gasteiger partial charge in [0.05, 0.1) is 5.69 Å². The summed E-state index contributed by atoms with van der Waals surface area (Å²) in [6, 6.07) is 6.03. The van der Waals surface area contributed by atoms with Crippen LogP contribution in [0.2, 0.25) is 0 Å². The molecule has 1 aromatic rings. The van der Waals surface area contributed by atoms with Gasteiger partial charge < -0.3 is 9.84 Å². The highest BCUT2D eigenvalue weighted by atomic mass is 16.5. The molecule has 1 rings (SSSR count).